The summed E-state index contributed by atoms with van der Waals surface area (Å²) in [4.78, 5) is 0. The van der Waals surface area contributed by atoms with E-state index in [4.69, 9.17) is 11.6 Å². The van der Waals surface area contributed by atoms with E-state index < -0.39 is 0 Å². The second-order valence-corrected chi connectivity index (χ2v) is 5.17. The lowest BCUT2D eigenvalue weighted by atomic mass is 9.95. The molecular formula is C19H15ClO. The minimum atomic E-state index is 0.293. The largest absolute Gasteiger partial charge is 0.507 e. The Bertz CT molecular complexity index is 676. The van der Waals surface area contributed by atoms with Gasteiger partial charge in [0.25, 0.3) is 0 Å². The van der Waals surface area contributed by atoms with Gasteiger partial charge >= 0.3 is 0 Å². The van der Waals surface area contributed by atoms with Gasteiger partial charge in [0.05, 0.1) is 0 Å². The summed E-state index contributed by atoms with van der Waals surface area (Å²) in [6.45, 7) is 0. The Morgan fingerprint density at radius 2 is 1.14 bits per heavy atom. The van der Waals surface area contributed by atoms with Gasteiger partial charge in [-0.15, -0.1) is 11.6 Å². The number of aromatic hydroxyl groups is 1. The maximum Gasteiger partial charge on any atom is 0.131 e. The zero-order chi connectivity index (χ0) is 14.7. The van der Waals surface area contributed by atoms with Crippen molar-refractivity contribution in [3.8, 4) is 28.0 Å². The number of phenolic OH excluding ortho intramolecular Hbond substituents is 1. The summed E-state index contributed by atoms with van der Waals surface area (Å²) < 4.78 is 0. The molecule has 0 aliphatic rings. The van der Waals surface area contributed by atoms with E-state index in [1.807, 2.05) is 72.8 Å². The van der Waals surface area contributed by atoms with Crippen molar-refractivity contribution < 1.29 is 5.11 Å². The Labute approximate surface area is 129 Å². The average Bonchev–Trinajstić information content (AvgIpc) is 2.57. The van der Waals surface area contributed by atoms with Gasteiger partial charge in [0.2, 0.25) is 0 Å². The van der Waals surface area contributed by atoms with Crippen LogP contribution in [0, 0.1) is 0 Å². The zero-order valence-electron chi connectivity index (χ0n) is 11.5. The van der Waals surface area contributed by atoms with Gasteiger partial charge in [-0.2, -0.15) is 0 Å². The minimum Gasteiger partial charge on any atom is -0.507 e. The van der Waals surface area contributed by atoms with Crippen molar-refractivity contribution >= 4 is 11.6 Å². The number of hydrogen-bond acceptors (Lipinski definition) is 1. The summed E-state index contributed by atoms with van der Waals surface area (Å²) in [5.41, 5.74) is 4.59. The van der Waals surface area contributed by atoms with E-state index in [1.54, 1.807) is 0 Å². The molecule has 21 heavy (non-hydrogen) atoms. The van der Waals surface area contributed by atoms with Crippen LogP contribution in [0.3, 0.4) is 0 Å². The van der Waals surface area contributed by atoms with Gasteiger partial charge in [-0.1, -0.05) is 60.7 Å². The van der Waals surface area contributed by atoms with Gasteiger partial charge in [0.15, 0.2) is 0 Å². The topological polar surface area (TPSA) is 20.2 Å². The van der Waals surface area contributed by atoms with Crippen LogP contribution < -0.4 is 0 Å². The first-order chi connectivity index (χ1) is 10.3. The molecule has 104 valence electrons. The zero-order valence-corrected chi connectivity index (χ0v) is 12.2. The van der Waals surface area contributed by atoms with Gasteiger partial charge in [0.1, 0.15) is 5.75 Å². The van der Waals surface area contributed by atoms with Crippen LogP contribution in [0.4, 0.5) is 0 Å². The number of alkyl halides is 1. The molecule has 0 amide bonds. The van der Waals surface area contributed by atoms with Crippen LogP contribution in [-0.4, -0.2) is 5.11 Å². The predicted molar refractivity (Wildman–Crippen MR) is 88.5 cm³/mol. The van der Waals surface area contributed by atoms with Crippen molar-refractivity contribution in [2.45, 2.75) is 5.88 Å². The summed E-state index contributed by atoms with van der Waals surface area (Å²) >= 11 is 6.02. The molecule has 0 aliphatic carbocycles. The Balaban J connectivity index is 2.23. The van der Waals surface area contributed by atoms with Crippen molar-refractivity contribution in [1.82, 2.24) is 0 Å². The van der Waals surface area contributed by atoms with E-state index in [9.17, 15) is 5.11 Å². The smallest absolute Gasteiger partial charge is 0.131 e. The van der Waals surface area contributed by atoms with E-state index in [-0.39, 0.29) is 0 Å². The Hall–Kier alpha value is -2.25. The highest BCUT2D eigenvalue weighted by atomic mass is 35.5. The summed E-state index contributed by atoms with van der Waals surface area (Å²) in [7, 11) is 0. The number of rotatable bonds is 3. The van der Waals surface area contributed by atoms with Crippen molar-refractivity contribution in [2.24, 2.45) is 0 Å². The van der Waals surface area contributed by atoms with Crippen LogP contribution in [0.15, 0.2) is 72.8 Å². The Morgan fingerprint density at radius 3 is 1.52 bits per heavy atom. The second kappa shape index (κ2) is 6.02. The molecule has 0 heterocycles. The molecule has 1 nitrogen and oxygen atoms in total. The molecule has 0 saturated heterocycles. The highest BCUT2D eigenvalue weighted by Gasteiger charge is 2.12. The van der Waals surface area contributed by atoms with Gasteiger partial charge < -0.3 is 5.11 Å². The highest BCUT2D eigenvalue weighted by Crippen LogP contribution is 2.39. The molecule has 0 spiro atoms. The van der Waals surface area contributed by atoms with Crippen molar-refractivity contribution in [3.63, 3.8) is 0 Å². The number of phenols is 1. The molecule has 2 heteroatoms. The second-order valence-electron chi connectivity index (χ2n) is 4.91. The van der Waals surface area contributed by atoms with E-state index in [0.717, 1.165) is 27.8 Å². The fourth-order valence-corrected chi connectivity index (χ4v) is 2.60. The van der Waals surface area contributed by atoms with Crippen LogP contribution in [-0.2, 0) is 5.88 Å². The third-order valence-electron chi connectivity index (χ3n) is 3.49. The van der Waals surface area contributed by atoms with E-state index in [0.29, 0.717) is 11.6 Å². The van der Waals surface area contributed by atoms with E-state index in [1.165, 1.54) is 0 Å². The normalized spacial score (nSPS) is 10.5. The van der Waals surface area contributed by atoms with E-state index in [2.05, 4.69) is 0 Å². The van der Waals surface area contributed by atoms with E-state index >= 15 is 0 Å². The van der Waals surface area contributed by atoms with Gasteiger partial charge in [-0.25, -0.2) is 0 Å². The molecular weight excluding hydrogens is 280 g/mol. The molecule has 3 aromatic carbocycles. The predicted octanol–water partition coefficient (Wildman–Crippen LogP) is 5.47. The fraction of sp³-hybridized carbons (Fsp3) is 0.0526. The first-order valence-corrected chi connectivity index (χ1v) is 7.36. The molecule has 0 unspecified atom stereocenters. The lowest BCUT2D eigenvalue weighted by molar-refractivity contribution is 0.479. The van der Waals surface area contributed by atoms with Gasteiger partial charge in [0, 0.05) is 17.0 Å². The lowest BCUT2D eigenvalue weighted by Gasteiger charge is -2.13. The molecule has 0 fully saturated rings. The van der Waals surface area contributed by atoms with Crippen molar-refractivity contribution in [3.05, 3.63) is 78.4 Å². The summed E-state index contributed by atoms with van der Waals surface area (Å²) in [5.74, 6) is 0.709. The van der Waals surface area contributed by atoms with Gasteiger partial charge in [-0.3, -0.25) is 0 Å². The molecule has 3 aromatic rings. The summed E-state index contributed by atoms with van der Waals surface area (Å²) in [6, 6.07) is 23.6. The molecule has 1 N–H and O–H groups in total. The van der Waals surface area contributed by atoms with Crippen LogP contribution in [0.5, 0.6) is 5.75 Å². The standard InChI is InChI=1S/C19H15ClO/c20-13-14-11-17(15-7-3-1-4-8-15)19(21)18(12-14)16-9-5-2-6-10-16/h1-12,21H,13H2. The third-order valence-corrected chi connectivity index (χ3v) is 3.80. The lowest BCUT2D eigenvalue weighted by Crippen LogP contribution is -1.88. The number of benzene rings is 3. The molecule has 0 aliphatic heterocycles. The number of hydrogen-bond donors (Lipinski definition) is 1. The van der Waals surface area contributed by atoms with Crippen LogP contribution in [0.25, 0.3) is 22.3 Å². The van der Waals surface area contributed by atoms with Crippen LogP contribution in [0.1, 0.15) is 5.56 Å². The monoisotopic (exact) mass is 294 g/mol. The Kier molecular flexibility index (Phi) is 3.94. The maximum absolute atomic E-state index is 10.7. The molecule has 0 bridgehead atoms. The molecule has 0 aromatic heterocycles. The highest BCUT2D eigenvalue weighted by molar-refractivity contribution is 6.17. The Morgan fingerprint density at radius 1 is 0.714 bits per heavy atom. The molecule has 0 radical (unpaired) electrons. The van der Waals surface area contributed by atoms with Crippen molar-refractivity contribution in [1.29, 1.82) is 0 Å². The molecule has 0 saturated carbocycles. The number of halogens is 1. The SMILES string of the molecule is Oc1c(-c2ccccc2)cc(CCl)cc1-c1ccccc1. The average molecular weight is 295 g/mol. The molecule has 0 atom stereocenters. The van der Waals surface area contributed by atoms with Gasteiger partial charge in [-0.05, 0) is 28.8 Å². The fourth-order valence-electron chi connectivity index (χ4n) is 2.45. The summed E-state index contributed by atoms with van der Waals surface area (Å²) in [5, 5.41) is 10.7. The van der Waals surface area contributed by atoms with Crippen molar-refractivity contribution in [2.75, 3.05) is 0 Å². The maximum atomic E-state index is 10.7. The minimum absolute atomic E-state index is 0.293. The first-order valence-electron chi connectivity index (χ1n) is 6.82. The first kappa shape index (κ1) is 13.7. The third kappa shape index (κ3) is 2.79. The van der Waals surface area contributed by atoms with Crippen LogP contribution in [0.2, 0.25) is 0 Å². The summed E-state index contributed by atoms with van der Waals surface area (Å²) in [6.07, 6.45) is 0. The molecule has 3 rings (SSSR count). The quantitative estimate of drug-likeness (QED) is 0.636. The van der Waals surface area contributed by atoms with Crippen LogP contribution >= 0.6 is 11.6 Å².